The zero-order valence-electron chi connectivity index (χ0n) is 35.7. The highest BCUT2D eigenvalue weighted by molar-refractivity contribution is 6.09. The second kappa shape index (κ2) is 20.1. The van der Waals surface area contributed by atoms with E-state index in [0.29, 0.717) is 6.61 Å². The van der Waals surface area contributed by atoms with Gasteiger partial charge in [-0.1, -0.05) is 90.5 Å². The van der Waals surface area contributed by atoms with Crippen molar-refractivity contribution in [3.63, 3.8) is 0 Å². The summed E-state index contributed by atoms with van der Waals surface area (Å²) in [5.41, 5.74) is 11.2. The molecule has 0 fully saturated rings. The average Bonchev–Trinajstić information content (AvgIpc) is 3.69. The van der Waals surface area contributed by atoms with Crippen LogP contribution in [0.1, 0.15) is 140 Å². The molecule has 6 heterocycles. The topological polar surface area (TPSA) is 39.4 Å². The lowest BCUT2D eigenvalue weighted by molar-refractivity contribution is -0.147. The van der Waals surface area contributed by atoms with Gasteiger partial charge in [0.2, 0.25) is 0 Å². The molecule has 4 aliphatic heterocycles. The minimum Gasteiger partial charge on any atom is -0.465 e. The van der Waals surface area contributed by atoms with E-state index in [1.54, 1.807) is 0 Å². The second-order valence-corrected chi connectivity index (χ2v) is 17.5. The number of fused-ring (bicyclic) bond motifs is 2. The number of esters is 1. The summed E-state index contributed by atoms with van der Waals surface area (Å²) in [6.45, 7) is 13.8. The molecule has 2 aromatic heterocycles. The molecule has 0 atom stereocenters. The number of carbonyl (C=O) groups excluding carboxylic acids is 1. The van der Waals surface area contributed by atoms with Crippen molar-refractivity contribution >= 4 is 49.6 Å². The normalized spacial score (nSPS) is 14.3. The number of nitrogens with zero attached hydrogens (tertiary/aromatic N) is 3. The van der Waals surface area contributed by atoms with Crippen LogP contribution in [0.25, 0.3) is 43.6 Å². The first-order valence-electron chi connectivity index (χ1n) is 22.9. The van der Waals surface area contributed by atoms with Crippen LogP contribution in [0.15, 0.2) is 72.8 Å². The molecule has 4 aromatic carbocycles. The zero-order valence-corrected chi connectivity index (χ0v) is 35.7. The molecule has 0 saturated carbocycles. The van der Waals surface area contributed by atoms with E-state index in [4.69, 9.17) is 4.74 Å². The Morgan fingerprint density at radius 1 is 0.561 bits per heavy atom. The lowest BCUT2D eigenvalue weighted by atomic mass is 10.0. The Balaban J connectivity index is 1.21. The lowest BCUT2D eigenvalue weighted by Gasteiger charge is -2.23. The van der Waals surface area contributed by atoms with Gasteiger partial charge in [-0.15, -0.1) is 0 Å². The SMILES string of the molecule is CCCCCCc1ccc2c(c1)c1cc3ccc1n2CCCCCn1c2ccc(CCCCCC)cc2c2cc(ccc21)CN(CCCCCOC(=O)C(C)C)C3. The van der Waals surface area contributed by atoms with Crippen molar-refractivity contribution in [2.24, 2.45) is 5.92 Å². The van der Waals surface area contributed by atoms with Gasteiger partial charge in [-0.3, -0.25) is 9.69 Å². The fourth-order valence-corrected chi connectivity index (χ4v) is 9.30. The van der Waals surface area contributed by atoms with Gasteiger partial charge >= 0.3 is 5.97 Å². The van der Waals surface area contributed by atoms with Gasteiger partial charge in [0.25, 0.3) is 0 Å². The molecule has 0 saturated heterocycles. The summed E-state index contributed by atoms with van der Waals surface area (Å²) < 4.78 is 10.7. The second-order valence-electron chi connectivity index (χ2n) is 17.5. The molecule has 5 nitrogen and oxygen atoms in total. The van der Waals surface area contributed by atoms with Gasteiger partial charge < -0.3 is 13.9 Å². The Morgan fingerprint density at radius 3 is 1.53 bits per heavy atom. The maximum atomic E-state index is 12.0. The minimum atomic E-state index is -0.0941. The zero-order chi connectivity index (χ0) is 39.6. The van der Waals surface area contributed by atoms with Crippen molar-refractivity contribution in [1.29, 1.82) is 0 Å². The molecule has 4 aliphatic rings. The van der Waals surface area contributed by atoms with Crippen LogP contribution < -0.4 is 0 Å². The Bertz CT molecular complexity index is 2100. The molecule has 0 spiro atoms. The molecule has 0 unspecified atom stereocenters. The Hall–Kier alpha value is -4.09. The molecule has 8 bridgehead atoms. The number of unbranched alkanes of at least 4 members (excludes halogenated alkanes) is 8. The highest BCUT2D eigenvalue weighted by atomic mass is 16.5. The summed E-state index contributed by atoms with van der Waals surface area (Å²) in [7, 11) is 0. The number of ether oxygens (including phenoxy) is 1. The summed E-state index contributed by atoms with van der Waals surface area (Å²) in [6, 6.07) is 29.3. The number of rotatable bonds is 17. The number of hydrogen-bond acceptors (Lipinski definition) is 3. The van der Waals surface area contributed by atoms with E-state index in [1.807, 2.05) is 13.8 Å². The molecule has 57 heavy (non-hydrogen) atoms. The summed E-state index contributed by atoms with van der Waals surface area (Å²) in [6.07, 6.45) is 19.3. The van der Waals surface area contributed by atoms with Crippen LogP contribution in [0.4, 0.5) is 0 Å². The summed E-state index contributed by atoms with van der Waals surface area (Å²) in [4.78, 5) is 14.7. The van der Waals surface area contributed by atoms with Crippen LogP contribution in [0.3, 0.4) is 0 Å². The highest BCUT2D eigenvalue weighted by Crippen LogP contribution is 2.35. The maximum Gasteiger partial charge on any atom is 0.308 e. The van der Waals surface area contributed by atoms with E-state index in [-0.39, 0.29) is 11.9 Å². The fraction of sp³-hybridized carbons (Fsp3) is 0.519. The van der Waals surface area contributed by atoms with E-state index in [1.165, 1.54) is 136 Å². The van der Waals surface area contributed by atoms with E-state index >= 15 is 0 Å². The molecule has 0 aliphatic carbocycles. The smallest absolute Gasteiger partial charge is 0.308 e. The van der Waals surface area contributed by atoms with Crippen molar-refractivity contribution in [3.8, 4) is 0 Å². The monoisotopic (exact) mass is 768 g/mol. The van der Waals surface area contributed by atoms with Gasteiger partial charge in [-0.2, -0.15) is 0 Å². The van der Waals surface area contributed by atoms with E-state index in [9.17, 15) is 4.79 Å². The quantitative estimate of drug-likeness (QED) is 0.0685. The van der Waals surface area contributed by atoms with Crippen LogP contribution in [0.2, 0.25) is 0 Å². The first-order valence-corrected chi connectivity index (χ1v) is 22.9. The van der Waals surface area contributed by atoms with Gasteiger partial charge in [0.1, 0.15) is 0 Å². The third kappa shape index (κ3) is 10.1. The number of aryl methyl sites for hydroxylation is 4. The van der Waals surface area contributed by atoms with Crippen molar-refractivity contribution in [1.82, 2.24) is 14.0 Å². The van der Waals surface area contributed by atoms with Gasteiger partial charge in [0.15, 0.2) is 0 Å². The van der Waals surface area contributed by atoms with Crippen LogP contribution in [0, 0.1) is 5.92 Å². The Labute approximate surface area is 342 Å². The molecule has 5 heteroatoms. The van der Waals surface area contributed by atoms with Crippen molar-refractivity contribution in [2.45, 2.75) is 157 Å². The molecule has 6 aromatic rings. The van der Waals surface area contributed by atoms with Gasteiger partial charge in [0.05, 0.1) is 12.5 Å². The number of hydrogen-bond donors (Lipinski definition) is 0. The van der Waals surface area contributed by atoms with Crippen molar-refractivity contribution in [3.05, 3.63) is 95.1 Å². The fourth-order valence-electron chi connectivity index (χ4n) is 9.30. The molecule has 0 radical (unpaired) electrons. The maximum absolute atomic E-state index is 12.0. The molecule has 0 amide bonds. The molecule has 0 N–H and O–H groups in total. The van der Waals surface area contributed by atoms with Crippen LogP contribution in [0.5, 0.6) is 0 Å². The highest BCUT2D eigenvalue weighted by Gasteiger charge is 2.17. The summed E-state index contributed by atoms with van der Waals surface area (Å²) in [5.74, 6) is -0.167. The van der Waals surface area contributed by atoms with Gasteiger partial charge in [-0.05, 0) is 142 Å². The number of aromatic nitrogens is 2. The van der Waals surface area contributed by atoms with E-state index in [0.717, 1.165) is 64.8 Å². The number of carbonyl (C=O) groups is 1. The molecular formula is C52H69N3O2. The first-order chi connectivity index (χ1) is 27.9. The third-order valence-corrected chi connectivity index (χ3v) is 12.5. The Kier molecular flexibility index (Phi) is 14.5. The van der Waals surface area contributed by atoms with Crippen LogP contribution in [-0.4, -0.2) is 33.2 Å². The van der Waals surface area contributed by atoms with Gasteiger partial charge in [-0.25, -0.2) is 0 Å². The van der Waals surface area contributed by atoms with Crippen LogP contribution >= 0.6 is 0 Å². The van der Waals surface area contributed by atoms with E-state index in [2.05, 4.69) is 101 Å². The summed E-state index contributed by atoms with van der Waals surface area (Å²) >= 11 is 0. The average molecular weight is 768 g/mol. The predicted octanol–water partition coefficient (Wildman–Crippen LogP) is 13.7. The summed E-state index contributed by atoms with van der Waals surface area (Å²) in [5, 5.41) is 5.65. The minimum absolute atomic E-state index is 0.0733. The van der Waals surface area contributed by atoms with E-state index < -0.39 is 0 Å². The molecule has 10 rings (SSSR count). The largest absolute Gasteiger partial charge is 0.465 e. The molecular weight excluding hydrogens is 699 g/mol. The first kappa shape index (κ1) is 41.1. The molecule has 304 valence electrons. The van der Waals surface area contributed by atoms with Crippen molar-refractivity contribution in [2.75, 3.05) is 13.2 Å². The predicted molar refractivity (Wildman–Crippen MR) is 242 cm³/mol. The Morgan fingerprint density at radius 2 is 1.04 bits per heavy atom. The lowest BCUT2D eigenvalue weighted by Crippen LogP contribution is -2.24. The third-order valence-electron chi connectivity index (χ3n) is 12.5. The van der Waals surface area contributed by atoms with Crippen LogP contribution in [-0.2, 0) is 48.6 Å². The van der Waals surface area contributed by atoms with Crippen molar-refractivity contribution < 1.29 is 9.53 Å². The standard InChI is InChI=1S/C52H69N3O2/c1-5-7-9-13-19-40-21-25-48-44(33-40)46-35-42-23-27-50(46)54(48)30-16-11-17-31-55-49-26-22-41(20-14-10-8-6-2)34-45(49)47-36-43(24-28-51(47)55)38-53(37-42)29-15-12-18-32-57-52(56)39(3)4/h21-28,33-36,39H,5-20,29-32,37-38H2,1-4H3. The number of benzene rings is 4. The van der Waals surface area contributed by atoms with Gasteiger partial charge in [0, 0.05) is 69.8 Å².